The number of thiazole rings is 1. The molecule has 2 N–H and O–H groups in total. The lowest BCUT2D eigenvalue weighted by atomic mass is 10.2. The van der Waals surface area contributed by atoms with Gasteiger partial charge in [0.05, 0.1) is 20.0 Å². The number of carbonyl (C=O) groups is 2. The van der Waals surface area contributed by atoms with Gasteiger partial charge in [-0.15, -0.1) is 22.7 Å². The largest absolute Gasteiger partial charge is 0.279 e. The van der Waals surface area contributed by atoms with Crippen molar-refractivity contribution in [1.29, 1.82) is 0 Å². The van der Waals surface area contributed by atoms with E-state index in [4.69, 9.17) is 0 Å². The summed E-state index contributed by atoms with van der Waals surface area (Å²) in [5.74, 6) is -0.714. The van der Waals surface area contributed by atoms with Crippen molar-refractivity contribution in [2.24, 2.45) is 0 Å². The Hall–Kier alpha value is -3.03. The number of thiophene rings is 1. The lowest BCUT2D eigenvalue weighted by Crippen LogP contribution is -2.41. The van der Waals surface area contributed by atoms with Gasteiger partial charge in [-0.25, -0.2) is 4.98 Å². The van der Waals surface area contributed by atoms with Crippen molar-refractivity contribution < 1.29 is 9.59 Å². The van der Waals surface area contributed by atoms with Gasteiger partial charge in [-0.2, -0.15) is 0 Å². The quantitative estimate of drug-likeness (QED) is 0.527. The number of fused-ring (bicyclic) bond motifs is 1. The summed E-state index contributed by atoms with van der Waals surface area (Å²) >= 11 is 2.93. The fourth-order valence-electron chi connectivity index (χ4n) is 2.39. The molecule has 0 radical (unpaired) electrons. The summed E-state index contributed by atoms with van der Waals surface area (Å²) in [5.41, 5.74) is 6.29. The summed E-state index contributed by atoms with van der Waals surface area (Å²) in [6.45, 7) is 0. The zero-order chi connectivity index (χ0) is 17.9. The van der Waals surface area contributed by atoms with Crippen LogP contribution in [0.1, 0.15) is 20.0 Å². The average molecular weight is 379 g/mol. The first-order valence-electron chi connectivity index (χ1n) is 7.82. The third-order valence-electron chi connectivity index (χ3n) is 3.66. The number of carbonyl (C=O) groups excluding carboxylic acids is 2. The number of rotatable bonds is 3. The van der Waals surface area contributed by atoms with Crippen LogP contribution in [0.4, 0.5) is 0 Å². The molecule has 0 saturated carbocycles. The topological polar surface area (TPSA) is 71.1 Å². The molecule has 0 aliphatic carbocycles. The molecule has 7 heteroatoms. The average Bonchev–Trinajstić information content (AvgIpc) is 3.33. The van der Waals surface area contributed by atoms with Gasteiger partial charge >= 0.3 is 0 Å². The Kier molecular flexibility index (Phi) is 4.47. The number of hydrazine groups is 1. The summed E-state index contributed by atoms with van der Waals surface area (Å²) < 4.78 is 1.11. The van der Waals surface area contributed by atoms with Gasteiger partial charge in [0.25, 0.3) is 11.8 Å². The van der Waals surface area contributed by atoms with Crippen molar-refractivity contribution in [3.05, 3.63) is 77.2 Å². The summed E-state index contributed by atoms with van der Waals surface area (Å²) in [6, 6.07) is 20.2. The van der Waals surface area contributed by atoms with E-state index in [1.54, 1.807) is 41.7 Å². The van der Waals surface area contributed by atoms with Crippen LogP contribution in [0.3, 0.4) is 0 Å². The monoisotopic (exact) mass is 379 g/mol. The molecule has 2 heterocycles. The molecule has 26 heavy (non-hydrogen) atoms. The van der Waals surface area contributed by atoms with Crippen LogP contribution in [0.2, 0.25) is 0 Å². The predicted molar refractivity (Wildman–Crippen MR) is 104 cm³/mol. The van der Waals surface area contributed by atoms with E-state index in [0.717, 1.165) is 20.1 Å². The molecule has 0 fully saturated rings. The molecule has 128 valence electrons. The van der Waals surface area contributed by atoms with Gasteiger partial charge in [0.15, 0.2) is 0 Å². The molecule has 4 aromatic rings. The summed E-state index contributed by atoms with van der Waals surface area (Å²) in [4.78, 5) is 30.3. The van der Waals surface area contributed by atoms with E-state index in [2.05, 4.69) is 15.8 Å². The van der Waals surface area contributed by atoms with Gasteiger partial charge in [0.1, 0.15) is 5.01 Å². The van der Waals surface area contributed by atoms with Crippen LogP contribution in [0.5, 0.6) is 0 Å². The second-order valence-corrected chi connectivity index (χ2v) is 7.54. The number of nitrogens with one attached hydrogen (secondary N) is 2. The highest BCUT2D eigenvalue weighted by Gasteiger charge is 2.14. The zero-order valence-corrected chi connectivity index (χ0v) is 15.1. The van der Waals surface area contributed by atoms with Gasteiger partial charge < -0.3 is 0 Å². The highest BCUT2D eigenvalue weighted by molar-refractivity contribution is 7.26. The maximum Gasteiger partial charge on any atom is 0.279 e. The fraction of sp³-hybridized carbons (Fsp3) is 0. The number of aromatic nitrogens is 1. The van der Waals surface area contributed by atoms with Gasteiger partial charge in [-0.1, -0.05) is 30.3 Å². The molecule has 2 aromatic heterocycles. The molecule has 0 bridgehead atoms. The maximum atomic E-state index is 12.3. The summed E-state index contributed by atoms with van der Waals surface area (Å²) in [6.07, 6.45) is 0. The maximum absolute atomic E-state index is 12.3. The van der Waals surface area contributed by atoms with Crippen LogP contribution in [0.15, 0.2) is 66.7 Å². The molecule has 2 amide bonds. The second kappa shape index (κ2) is 7.07. The molecule has 0 aliphatic heterocycles. The van der Waals surface area contributed by atoms with E-state index in [1.165, 1.54) is 11.3 Å². The minimum absolute atomic E-state index is 0.355. The molecular weight excluding hydrogens is 366 g/mol. The number of hydrogen-bond acceptors (Lipinski definition) is 5. The molecule has 0 spiro atoms. The number of nitrogens with zero attached hydrogens (tertiary/aromatic N) is 1. The summed E-state index contributed by atoms with van der Waals surface area (Å²) in [5, 5.41) is 0.878. The third-order valence-corrected chi connectivity index (χ3v) is 5.95. The lowest BCUT2D eigenvalue weighted by Gasteiger charge is -2.05. The molecular formula is C19H13N3O2S2. The standard InChI is InChI=1S/C19H13N3O2S2/c23-17(12-6-2-1-3-7-12)21-22-18(24)15-10-11-16(25-15)19-20-13-8-4-5-9-14(13)26-19/h1-11H,(H,21,23)(H,22,24). The Morgan fingerprint density at radius 2 is 1.50 bits per heavy atom. The molecule has 2 aromatic carbocycles. The molecule has 0 saturated heterocycles. The first-order valence-corrected chi connectivity index (χ1v) is 9.45. The smallest absolute Gasteiger partial charge is 0.267 e. The van der Waals surface area contributed by atoms with Gasteiger partial charge in [-0.05, 0) is 36.4 Å². The lowest BCUT2D eigenvalue weighted by molar-refractivity contribution is 0.0849. The Morgan fingerprint density at radius 3 is 2.31 bits per heavy atom. The highest BCUT2D eigenvalue weighted by Crippen LogP contribution is 2.34. The van der Waals surface area contributed by atoms with Crippen molar-refractivity contribution in [2.75, 3.05) is 0 Å². The highest BCUT2D eigenvalue weighted by atomic mass is 32.1. The van der Waals surface area contributed by atoms with Gasteiger partial charge in [-0.3, -0.25) is 20.4 Å². The van der Waals surface area contributed by atoms with Crippen molar-refractivity contribution in [3.8, 4) is 9.88 Å². The van der Waals surface area contributed by atoms with E-state index in [9.17, 15) is 9.59 Å². The van der Waals surface area contributed by atoms with Crippen LogP contribution >= 0.6 is 22.7 Å². The Bertz CT molecular complexity index is 1050. The number of amides is 2. The molecule has 5 nitrogen and oxygen atoms in total. The normalized spacial score (nSPS) is 10.6. The summed E-state index contributed by atoms with van der Waals surface area (Å²) in [7, 11) is 0. The van der Waals surface area contributed by atoms with Crippen LogP contribution in [-0.4, -0.2) is 16.8 Å². The first kappa shape index (κ1) is 16.4. The molecule has 4 rings (SSSR count). The van der Waals surface area contributed by atoms with E-state index in [1.807, 2.05) is 36.4 Å². The first-order chi connectivity index (χ1) is 12.7. The number of benzene rings is 2. The van der Waals surface area contributed by atoms with Crippen LogP contribution in [0.25, 0.3) is 20.1 Å². The molecule has 0 atom stereocenters. The van der Waals surface area contributed by atoms with E-state index in [0.29, 0.717) is 10.4 Å². The Labute approximate surface area is 157 Å². The SMILES string of the molecule is O=C(NNC(=O)c1ccc(-c2nc3ccccc3s2)s1)c1ccccc1. The fourth-order valence-corrected chi connectivity index (χ4v) is 4.31. The van der Waals surface area contributed by atoms with E-state index in [-0.39, 0.29) is 11.8 Å². The van der Waals surface area contributed by atoms with Gasteiger partial charge in [0, 0.05) is 5.56 Å². The molecule has 0 unspecified atom stereocenters. The predicted octanol–water partition coefficient (Wildman–Crippen LogP) is 4.10. The number of hydrogen-bond donors (Lipinski definition) is 2. The van der Waals surface area contributed by atoms with Crippen molar-refractivity contribution >= 4 is 44.7 Å². The molecule has 0 aliphatic rings. The number of para-hydroxylation sites is 1. The third kappa shape index (κ3) is 3.35. The van der Waals surface area contributed by atoms with Crippen molar-refractivity contribution in [3.63, 3.8) is 0 Å². The van der Waals surface area contributed by atoms with Crippen molar-refractivity contribution in [2.45, 2.75) is 0 Å². The van der Waals surface area contributed by atoms with Crippen LogP contribution in [0, 0.1) is 0 Å². The van der Waals surface area contributed by atoms with Crippen LogP contribution < -0.4 is 10.9 Å². The van der Waals surface area contributed by atoms with Crippen molar-refractivity contribution in [1.82, 2.24) is 15.8 Å². The second-order valence-electron chi connectivity index (χ2n) is 5.42. The van der Waals surface area contributed by atoms with Gasteiger partial charge in [0.2, 0.25) is 0 Å². The zero-order valence-electron chi connectivity index (χ0n) is 13.4. The van der Waals surface area contributed by atoms with E-state index < -0.39 is 0 Å². The van der Waals surface area contributed by atoms with Crippen LogP contribution in [-0.2, 0) is 0 Å². The van der Waals surface area contributed by atoms with E-state index >= 15 is 0 Å². The minimum atomic E-state index is -0.359. The minimum Gasteiger partial charge on any atom is -0.267 e. The Morgan fingerprint density at radius 1 is 0.769 bits per heavy atom. The Balaban J connectivity index is 1.45.